The van der Waals surface area contributed by atoms with Crippen LogP contribution in [0.25, 0.3) is 0 Å². The summed E-state index contributed by atoms with van der Waals surface area (Å²) in [6.45, 7) is 45.1. The van der Waals surface area contributed by atoms with E-state index in [1.807, 2.05) is 60.1 Å². The number of halogens is 10. The van der Waals surface area contributed by atoms with Crippen molar-refractivity contribution < 1.29 is 116 Å². The van der Waals surface area contributed by atoms with Crippen LogP contribution in [0.2, 0.25) is 39.3 Å². The number of carbonyl (C=O) groups excluding carboxylic acids is 8. The predicted octanol–water partition coefficient (Wildman–Crippen LogP) is 19.8. The van der Waals surface area contributed by atoms with Gasteiger partial charge in [0.25, 0.3) is 5.91 Å². The second-order valence-electron chi connectivity index (χ2n) is 37.5. The number of Topliss-reactive ketones (excluding diaryl/α,β-unsaturated/α-hetero) is 2. The SMILES string of the molecule is COC(=O)NCCOC(c1c(C)ccc(F)c1F)[C@@H]1CCCN(C(=O)OC(C)(C)C)C1.CON(C)C(=O)[C@@H]1CCCN(C(=O)OC(C)(C)C)C1.Cc1cc(F)c(F)c([Si](C)(C)C)c1.Cc1cc([Si](C)(C)C)c(F)c(F)c1C(=O)[C@@H]1CCCN(C(=O)OC(C)(C)C)C1.Cc1ccc(F)c(F)c1.Cc1ccc(F)c(F)c1C(=O)[C@@H]1CCCN(C(=O)OC(C)(C)C)C1. The van der Waals surface area contributed by atoms with Crippen molar-refractivity contribution >= 4 is 74.5 Å². The van der Waals surface area contributed by atoms with Gasteiger partial charge in [0.05, 0.1) is 60.1 Å². The van der Waals surface area contributed by atoms with Crippen LogP contribution in [0.1, 0.15) is 195 Å². The molecule has 1 unspecified atom stereocenters. The maximum atomic E-state index is 14.9. The molecule has 0 saturated carbocycles. The maximum Gasteiger partial charge on any atom is 0.410 e. The van der Waals surface area contributed by atoms with Crippen LogP contribution in [0, 0.1) is 116 Å². The predicted molar refractivity (Wildman–Crippen MR) is 461 cm³/mol. The van der Waals surface area contributed by atoms with Gasteiger partial charge in [0.1, 0.15) is 22.4 Å². The highest BCUT2D eigenvalue weighted by Gasteiger charge is 2.40. The number of hydrogen-bond acceptors (Lipinski definition) is 15. The fraction of sp³-hybridized carbons (Fsp3) is 0.582. The van der Waals surface area contributed by atoms with Gasteiger partial charge in [-0.15, -0.1) is 0 Å². The van der Waals surface area contributed by atoms with E-state index < -0.39 is 151 Å². The molecule has 0 bridgehead atoms. The van der Waals surface area contributed by atoms with Crippen LogP contribution in [0.15, 0.2) is 60.7 Å². The minimum absolute atomic E-state index is 0.0676. The van der Waals surface area contributed by atoms with Gasteiger partial charge >= 0.3 is 30.5 Å². The molecule has 124 heavy (non-hydrogen) atoms. The molecule has 5 atom stereocenters. The lowest BCUT2D eigenvalue weighted by molar-refractivity contribution is -0.174. The summed E-state index contributed by atoms with van der Waals surface area (Å²) in [7, 11) is 0.439. The second-order valence-corrected chi connectivity index (χ2v) is 47.6. The minimum atomic E-state index is -2.08. The Morgan fingerprint density at radius 2 is 0.823 bits per heavy atom. The molecule has 0 radical (unpaired) electrons. The number of ketones is 2. The number of rotatable bonds is 14. The molecule has 692 valence electrons. The van der Waals surface area contributed by atoms with Crippen LogP contribution in [-0.4, -0.2) is 198 Å². The fourth-order valence-corrected chi connectivity index (χ4v) is 16.7. The van der Waals surface area contributed by atoms with Crippen LogP contribution >= 0.6 is 0 Å². The van der Waals surface area contributed by atoms with Gasteiger partial charge in [-0.1, -0.05) is 69.6 Å². The standard InChI is InChI=1S/C22H32F2N2O5.C21H31F2NO3Si.C18H23F2NO3.C13H24N2O4.C10H14F2Si.C7H6F2/c1-14-8-9-16(23)18(24)17(14)19(30-12-10-25-20(27)29-5)15-7-6-11-26(13-15)21(28)31-22(2,3)4;1-13-11-15(28(5,6)7)17(22)18(23)16(13)19(25)14-9-8-10-24(12-14)20(26)27-21(2,3)4;1-11-7-8-13(19)15(20)14(11)16(22)12-6-5-9-21(10-12)17(23)24-18(2,3)4;1-13(2,3)19-12(17)15-8-6-7-10(9-15)11(16)14(4)18-5;1-7-5-8(11)10(12)9(6-7)13(2,3)4;1-5-2-3-6(8)7(9)4-5/h8-9,15,19H,6-7,10-13H2,1-5H3,(H,25,27);11,14H,8-10,12H2,1-7H3;7-8,12H,5-6,9-10H2,1-4H3;10H,6-9H2,1-5H3;5-6H,1-4H3;2-4H,1H3/t15-,19?;14-;12-;10-;;/m1111../s1. The quantitative estimate of drug-likeness (QED) is 0.0272. The Kier molecular flexibility index (Phi) is 40.1. The number of hydroxylamine groups is 2. The van der Waals surface area contributed by atoms with Crippen molar-refractivity contribution in [2.24, 2.45) is 23.7 Å². The highest BCUT2D eigenvalue weighted by molar-refractivity contribution is 6.89. The minimum Gasteiger partial charge on any atom is -0.453 e. The van der Waals surface area contributed by atoms with Gasteiger partial charge in [0.15, 0.2) is 69.7 Å². The summed E-state index contributed by atoms with van der Waals surface area (Å²) in [6, 6.07) is 13.4. The van der Waals surface area contributed by atoms with Crippen molar-refractivity contribution in [3.8, 4) is 0 Å². The average Bonchev–Trinajstić information content (AvgIpc) is 0.768. The Bertz CT molecular complexity index is 4500. The van der Waals surface area contributed by atoms with Gasteiger partial charge in [-0.05, 0) is 238 Å². The Morgan fingerprint density at radius 3 is 1.24 bits per heavy atom. The summed E-state index contributed by atoms with van der Waals surface area (Å²) in [6.07, 6.45) is 2.05. The first-order chi connectivity index (χ1) is 57.1. The number of piperidine rings is 4. The third-order valence-corrected chi connectivity index (χ3v) is 23.9. The van der Waals surface area contributed by atoms with Crippen LogP contribution in [0.5, 0.6) is 0 Å². The van der Waals surface area contributed by atoms with Crippen LogP contribution in [0.3, 0.4) is 0 Å². The number of alkyl carbamates (subject to hydrolysis) is 1. The third kappa shape index (κ3) is 33.7. The molecule has 4 heterocycles. The first-order valence-electron chi connectivity index (χ1n) is 41.6. The monoisotopic (exact) mass is 1790 g/mol. The van der Waals surface area contributed by atoms with E-state index in [2.05, 4.69) is 10.1 Å². The highest BCUT2D eigenvalue weighted by atomic mass is 28.3. The fourth-order valence-electron chi connectivity index (χ4n) is 13.8. The molecule has 5 aromatic carbocycles. The molecule has 21 nitrogen and oxygen atoms in total. The summed E-state index contributed by atoms with van der Waals surface area (Å²) in [4.78, 5) is 109. The van der Waals surface area contributed by atoms with E-state index in [1.54, 1.807) is 126 Å². The molecule has 6 amide bonds. The lowest BCUT2D eigenvalue weighted by Crippen LogP contribution is -2.47. The molecule has 5 aromatic rings. The van der Waals surface area contributed by atoms with Crippen molar-refractivity contribution in [3.63, 3.8) is 0 Å². The van der Waals surface area contributed by atoms with E-state index in [0.29, 0.717) is 105 Å². The molecule has 4 fully saturated rings. The number of methoxy groups -OCH3 is 1. The van der Waals surface area contributed by atoms with Gasteiger partial charge < -0.3 is 53.3 Å². The zero-order valence-corrected chi connectivity index (χ0v) is 79.0. The molecule has 1 N–H and O–H groups in total. The third-order valence-electron chi connectivity index (χ3n) is 20.0. The van der Waals surface area contributed by atoms with E-state index in [4.69, 9.17) is 28.5 Å². The molecule has 4 aliphatic heterocycles. The molecule has 4 saturated heterocycles. The Balaban J connectivity index is 0.000000323. The number of aryl methyl sites for hydroxylation is 5. The Labute approximate surface area is 727 Å². The summed E-state index contributed by atoms with van der Waals surface area (Å²) >= 11 is 0. The number of amides is 6. The molecule has 0 spiro atoms. The zero-order chi connectivity index (χ0) is 94.4. The van der Waals surface area contributed by atoms with Crippen molar-refractivity contribution in [1.82, 2.24) is 30.0 Å². The zero-order valence-electron chi connectivity index (χ0n) is 77.0. The van der Waals surface area contributed by atoms with E-state index >= 15 is 0 Å². The van der Waals surface area contributed by atoms with E-state index in [9.17, 15) is 82.3 Å². The van der Waals surface area contributed by atoms with Gasteiger partial charge in [-0.2, -0.15) is 0 Å². The molecular formula is C91H130F10N6O15Si2. The molecule has 33 heteroatoms. The van der Waals surface area contributed by atoms with Crippen molar-refractivity contribution in [1.29, 1.82) is 0 Å². The summed E-state index contributed by atoms with van der Waals surface area (Å²) in [5, 5.41) is 4.67. The van der Waals surface area contributed by atoms with Crippen molar-refractivity contribution in [3.05, 3.63) is 163 Å². The van der Waals surface area contributed by atoms with Crippen LogP contribution in [-0.2, 0) is 38.1 Å². The van der Waals surface area contributed by atoms with E-state index in [0.717, 1.165) is 48.2 Å². The van der Waals surface area contributed by atoms with E-state index in [1.165, 1.54) is 53.3 Å². The maximum absolute atomic E-state index is 14.9. The first kappa shape index (κ1) is 107. The summed E-state index contributed by atoms with van der Waals surface area (Å²) in [5.41, 5.74) is 0.248. The van der Waals surface area contributed by atoms with Gasteiger partial charge in [0.2, 0.25) is 0 Å². The molecule has 9 rings (SSSR count). The molecular weight excluding hydrogens is 1660 g/mol. The summed E-state index contributed by atoms with van der Waals surface area (Å²) < 4.78 is 169. The number of ether oxygens (including phenoxy) is 6. The number of nitrogens with zero attached hydrogens (tertiary/aromatic N) is 5. The lowest BCUT2D eigenvalue weighted by Gasteiger charge is -2.38. The second kappa shape index (κ2) is 46.4. The van der Waals surface area contributed by atoms with Gasteiger partial charge in [0, 0.05) is 89.3 Å². The highest BCUT2D eigenvalue weighted by Crippen LogP contribution is 2.38. The Morgan fingerprint density at radius 1 is 0.435 bits per heavy atom. The average molecular weight is 1790 g/mol. The topological polar surface area (TPSA) is 229 Å². The Hall–Kier alpha value is -9.09. The molecule has 4 aliphatic rings. The molecule has 0 aliphatic carbocycles. The van der Waals surface area contributed by atoms with Crippen LogP contribution in [0.4, 0.5) is 67.9 Å². The number of nitrogens with one attached hydrogen (secondary N) is 1. The smallest absolute Gasteiger partial charge is 0.410 e. The van der Waals surface area contributed by atoms with Crippen molar-refractivity contribution in [2.75, 3.05) is 86.8 Å². The number of likely N-dealkylation sites (tertiary alicyclic amines) is 4. The normalized spacial score (nSPS) is 17.1. The van der Waals surface area contributed by atoms with Crippen molar-refractivity contribution in [2.45, 2.75) is 237 Å². The lowest BCUT2D eigenvalue weighted by atomic mass is 9.86. The van der Waals surface area contributed by atoms with E-state index in [-0.39, 0.29) is 66.8 Å². The number of benzene rings is 5. The van der Waals surface area contributed by atoms with Gasteiger partial charge in [-0.25, -0.2) is 72.9 Å². The molecule has 0 aromatic heterocycles. The van der Waals surface area contributed by atoms with Gasteiger partial charge in [-0.3, -0.25) is 19.2 Å². The van der Waals surface area contributed by atoms with Crippen LogP contribution < -0.4 is 15.7 Å². The first-order valence-corrected chi connectivity index (χ1v) is 48.6. The number of carbonyl (C=O) groups is 8. The summed E-state index contributed by atoms with van der Waals surface area (Å²) in [5.74, 6) is -11.6. The largest absolute Gasteiger partial charge is 0.453 e. The number of hydrogen-bond donors (Lipinski definition) is 1.